The highest BCUT2D eigenvalue weighted by Gasteiger charge is 2.58. The molecule has 4 aliphatic rings. The number of aliphatic hydroxyl groups excluding tert-OH is 1. The smallest absolute Gasteiger partial charge is 0.306 e. The Morgan fingerprint density at radius 1 is 1.06 bits per heavy atom. The number of hydrogen-bond donors (Lipinski definition) is 1. The van der Waals surface area contributed by atoms with Gasteiger partial charge in [-0.05, 0) is 111 Å². The molecule has 1 aromatic carbocycles. The third-order valence-electron chi connectivity index (χ3n) is 10.7. The minimum absolute atomic E-state index is 0.142. The summed E-state index contributed by atoms with van der Waals surface area (Å²) >= 11 is 3.37. The van der Waals surface area contributed by atoms with Crippen LogP contribution in [0.1, 0.15) is 94.8 Å². The number of esters is 1. The lowest BCUT2D eigenvalue weighted by atomic mass is 9.47. The molecule has 3 saturated carbocycles. The van der Waals surface area contributed by atoms with E-state index in [1.165, 1.54) is 37.7 Å². The van der Waals surface area contributed by atoms with Crippen LogP contribution in [0.2, 0.25) is 0 Å². The third-order valence-corrected chi connectivity index (χ3v) is 11.3. The molecule has 1 aromatic rings. The highest BCUT2D eigenvalue weighted by atomic mass is 79.9. The number of ketones is 1. The molecule has 0 heterocycles. The number of Topliss-reactive ketones (excluding diaryl/α,β-unsaturated/α-hetero) is 1. The summed E-state index contributed by atoms with van der Waals surface area (Å²) in [5, 5.41) is 10.2. The van der Waals surface area contributed by atoms with Crippen molar-refractivity contribution >= 4 is 27.7 Å². The van der Waals surface area contributed by atoms with Gasteiger partial charge in [0.15, 0.2) is 12.4 Å². The summed E-state index contributed by atoms with van der Waals surface area (Å²) in [6.07, 6.45) is 14.0. The number of aliphatic hydroxyl groups is 1. The maximum atomic E-state index is 12.3. The Balaban J connectivity index is 1.12. The average Bonchev–Trinajstić information content (AvgIpc) is 3.19. The molecule has 0 aromatic heterocycles. The number of carbonyl (C=O) groups excluding carboxylic acids is 2. The molecule has 1 unspecified atom stereocenters. The minimum atomic E-state index is -0.263. The Labute approximate surface area is 224 Å². The Morgan fingerprint density at radius 2 is 1.83 bits per heavy atom. The molecule has 0 amide bonds. The standard InChI is InChI=1S/C31H41BrO4/c1-30-17-15-27-25(12-8-22-18-24(33)14-16-31(22,27)2)26(30)13-9-21(30)4-3-5-29(35)36-19-28(34)20-6-10-23(32)11-7-20/h6-8,10-11,21,24-27,33H,3-5,9,12-19H2,1-2H3/t21-,24-,25?,26-,27-,30+,31-/m0/s1. The molecule has 0 bridgehead atoms. The number of halogens is 1. The van der Waals surface area contributed by atoms with Gasteiger partial charge in [0.05, 0.1) is 6.10 Å². The fourth-order valence-electron chi connectivity index (χ4n) is 8.65. The second kappa shape index (κ2) is 10.4. The summed E-state index contributed by atoms with van der Waals surface area (Å²) < 4.78 is 6.22. The Bertz CT molecular complexity index is 1020. The van der Waals surface area contributed by atoms with Gasteiger partial charge in [0, 0.05) is 16.5 Å². The minimum Gasteiger partial charge on any atom is -0.457 e. The van der Waals surface area contributed by atoms with Crippen molar-refractivity contribution in [2.75, 3.05) is 6.61 Å². The average molecular weight is 558 g/mol. The molecule has 0 aliphatic heterocycles. The molecule has 1 N–H and O–H groups in total. The van der Waals surface area contributed by atoms with Gasteiger partial charge in [0.2, 0.25) is 0 Å². The van der Waals surface area contributed by atoms with Crippen molar-refractivity contribution in [2.24, 2.45) is 34.5 Å². The van der Waals surface area contributed by atoms with Crippen LogP contribution in [-0.2, 0) is 9.53 Å². The van der Waals surface area contributed by atoms with Gasteiger partial charge in [-0.15, -0.1) is 0 Å². The number of rotatable bonds is 7. The van der Waals surface area contributed by atoms with E-state index in [1.54, 1.807) is 12.1 Å². The number of allylic oxidation sites excluding steroid dienone is 1. The SMILES string of the molecule is C[C@]12CC[C@H]3C(CC=C4C[C@@H](O)CC[C@@]43C)[C@@H]1CC[C@@H]2CCCC(=O)OCC(=O)c1ccc(Br)cc1. The van der Waals surface area contributed by atoms with Crippen LogP contribution >= 0.6 is 15.9 Å². The van der Waals surface area contributed by atoms with Crippen molar-refractivity contribution in [3.63, 3.8) is 0 Å². The lowest BCUT2D eigenvalue weighted by Crippen LogP contribution is -2.50. The van der Waals surface area contributed by atoms with Crippen molar-refractivity contribution in [3.8, 4) is 0 Å². The predicted molar refractivity (Wildman–Crippen MR) is 144 cm³/mol. The fraction of sp³-hybridized carbons (Fsp3) is 0.677. The Kier molecular flexibility index (Phi) is 7.53. The molecule has 0 saturated heterocycles. The number of ether oxygens (including phenoxy) is 1. The lowest BCUT2D eigenvalue weighted by Gasteiger charge is -2.58. The van der Waals surface area contributed by atoms with Crippen LogP contribution in [0.25, 0.3) is 0 Å². The van der Waals surface area contributed by atoms with E-state index in [2.05, 4.69) is 35.9 Å². The second-order valence-electron chi connectivity index (χ2n) is 12.5. The molecule has 4 aliphatic carbocycles. The summed E-state index contributed by atoms with van der Waals surface area (Å²) in [5.74, 6) is 2.56. The lowest BCUT2D eigenvalue weighted by molar-refractivity contribution is -0.142. The van der Waals surface area contributed by atoms with E-state index < -0.39 is 0 Å². The van der Waals surface area contributed by atoms with E-state index in [4.69, 9.17) is 4.74 Å². The highest BCUT2D eigenvalue weighted by molar-refractivity contribution is 9.10. The van der Waals surface area contributed by atoms with E-state index in [0.29, 0.717) is 28.7 Å². The van der Waals surface area contributed by atoms with E-state index in [9.17, 15) is 14.7 Å². The van der Waals surface area contributed by atoms with Gasteiger partial charge in [0.1, 0.15) is 0 Å². The number of carbonyl (C=O) groups is 2. The first-order chi connectivity index (χ1) is 17.2. The van der Waals surface area contributed by atoms with Crippen LogP contribution in [-0.4, -0.2) is 29.6 Å². The fourth-order valence-corrected chi connectivity index (χ4v) is 8.92. The normalized spacial score (nSPS) is 37.3. The predicted octanol–water partition coefficient (Wildman–Crippen LogP) is 7.29. The van der Waals surface area contributed by atoms with E-state index in [0.717, 1.165) is 54.3 Å². The van der Waals surface area contributed by atoms with Crippen molar-refractivity contribution in [2.45, 2.75) is 90.6 Å². The van der Waals surface area contributed by atoms with Crippen molar-refractivity contribution < 1.29 is 19.4 Å². The first-order valence-corrected chi connectivity index (χ1v) is 14.8. The van der Waals surface area contributed by atoms with Crippen LogP contribution in [0.4, 0.5) is 0 Å². The van der Waals surface area contributed by atoms with Crippen molar-refractivity contribution in [3.05, 3.63) is 46.0 Å². The maximum Gasteiger partial charge on any atom is 0.306 e. The molecule has 4 nitrogen and oxygen atoms in total. The first kappa shape index (κ1) is 26.2. The van der Waals surface area contributed by atoms with E-state index in [-0.39, 0.29) is 24.5 Å². The highest BCUT2D eigenvalue weighted by Crippen LogP contribution is 2.66. The summed E-state index contributed by atoms with van der Waals surface area (Å²) in [6, 6.07) is 7.13. The van der Waals surface area contributed by atoms with Crippen molar-refractivity contribution in [1.29, 1.82) is 0 Å². The van der Waals surface area contributed by atoms with Crippen LogP contribution in [0.3, 0.4) is 0 Å². The quantitative estimate of drug-likeness (QED) is 0.217. The van der Waals surface area contributed by atoms with Gasteiger partial charge < -0.3 is 9.84 Å². The van der Waals surface area contributed by atoms with Gasteiger partial charge >= 0.3 is 5.97 Å². The number of hydrogen-bond acceptors (Lipinski definition) is 4. The summed E-state index contributed by atoms with van der Waals surface area (Å²) in [4.78, 5) is 24.6. The molecule has 7 atom stereocenters. The zero-order valence-electron chi connectivity index (χ0n) is 21.8. The molecule has 196 valence electrons. The molecule has 36 heavy (non-hydrogen) atoms. The molecule has 0 radical (unpaired) electrons. The zero-order chi connectivity index (χ0) is 25.5. The van der Waals surface area contributed by atoms with Crippen molar-refractivity contribution in [1.82, 2.24) is 0 Å². The topological polar surface area (TPSA) is 63.6 Å². The molecular weight excluding hydrogens is 516 g/mol. The van der Waals surface area contributed by atoms with Crippen LogP contribution < -0.4 is 0 Å². The van der Waals surface area contributed by atoms with Gasteiger partial charge in [0.25, 0.3) is 0 Å². The number of benzene rings is 1. The second-order valence-corrected chi connectivity index (χ2v) is 13.4. The maximum absolute atomic E-state index is 12.3. The summed E-state index contributed by atoms with van der Waals surface area (Å²) in [6.45, 7) is 4.84. The Hall–Kier alpha value is -1.46. The summed E-state index contributed by atoms with van der Waals surface area (Å²) in [7, 11) is 0. The molecule has 5 rings (SSSR count). The molecule has 0 spiro atoms. The Morgan fingerprint density at radius 3 is 2.61 bits per heavy atom. The summed E-state index contributed by atoms with van der Waals surface area (Å²) in [5.41, 5.74) is 2.77. The third kappa shape index (κ3) is 4.87. The van der Waals surface area contributed by atoms with Crippen LogP contribution in [0.15, 0.2) is 40.4 Å². The van der Waals surface area contributed by atoms with E-state index in [1.807, 2.05) is 12.1 Å². The van der Waals surface area contributed by atoms with Crippen LogP contribution in [0, 0.1) is 34.5 Å². The zero-order valence-corrected chi connectivity index (χ0v) is 23.4. The molecule has 5 heteroatoms. The van der Waals surface area contributed by atoms with Gasteiger partial charge in [-0.3, -0.25) is 9.59 Å². The van der Waals surface area contributed by atoms with Gasteiger partial charge in [-0.1, -0.05) is 53.6 Å². The van der Waals surface area contributed by atoms with Crippen LogP contribution in [0.5, 0.6) is 0 Å². The first-order valence-electron chi connectivity index (χ1n) is 14.0. The number of fused-ring (bicyclic) bond motifs is 5. The van der Waals surface area contributed by atoms with Gasteiger partial charge in [-0.2, -0.15) is 0 Å². The largest absolute Gasteiger partial charge is 0.457 e. The van der Waals surface area contributed by atoms with Gasteiger partial charge in [-0.25, -0.2) is 0 Å². The molecular formula is C31H41BrO4. The molecule has 3 fully saturated rings. The monoisotopic (exact) mass is 556 g/mol. The van der Waals surface area contributed by atoms with E-state index >= 15 is 0 Å².